The molecule has 0 atom stereocenters. The van der Waals surface area contributed by atoms with Crippen LogP contribution >= 0.6 is 0 Å². The van der Waals surface area contributed by atoms with Crippen molar-refractivity contribution in [2.75, 3.05) is 33.9 Å². The molecule has 0 spiro atoms. The Kier molecular flexibility index (Phi) is 9.24. The van der Waals surface area contributed by atoms with Gasteiger partial charge in [-0.25, -0.2) is 13.2 Å². The van der Waals surface area contributed by atoms with E-state index in [0.29, 0.717) is 30.2 Å². The van der Waals surface area contributed by atoms with Crippen molar-refractivity contribution in [1.29, 1.82) is 0 Å². The second kappa shape index (κ2) is 11.7. The number of esters is 1. The van der Waals surface area contributed by atoms with Gasteiger partial charge in [-0.2, -0.15) is 4.31 Å². The van der Waals surface area contributed by atoms with Crippen molar-refractivity contribution in [1.82, 2.24) is 9.62 Å². The Balaban J connectivity index is 2.01. The second-order valence-corrected chi connectivity index (χ2v) is 9.02. The Bertz CT molecular complexity index is 1100. The van der Waals surface area contributed by atoms with Crippen LogP contribution in [0, 0.1) is 6.92 Å². The molecule has 1 N–H and O–H groups in total. The number of nitrogens with one attached hydrogen (secondary N) is 1. The zero-order valence-electron chi connectivity index (χ0n) is 19.5. The molecule has 180 valence electrons. The third-order valence-electron chi connectivity index (χ3n) is 5.02. The lowest BCUT2D eigenvalue weighted by Gasteiger charge is -2.20. The van der Waals surface area contributed by atoms with Gasteiger partial charge in [-0.15, -0.1) is 0 Å². The van der Waals surface area contributed by atoms with E-state index >= 15 is 0 Å². The van der Waals surface area contributed by atoms with Crippen molar-refractivity contribution < 1.29 is 32.2 Å². The first-order valence-corrected chi connectivity index (χ1v) is 11.9. The molecule has 0 aliphatic carbocycles. The third kappa shape index (κ3) is 6.45. The Morgan fingerprint density at radius 3 is 2.24 bits per heavy atom. The van der Waals surface area contributed by atoms with E-state index in [9.17, 15) is 18.0 Å². The summed E-state index contributed by atoms with van der Waals surface area (Å²) in [6.45, 7) is 5.48. The molecule has 33 heavy (non-hydrogen) atoms. The zero-order chi connectivity index (χ0) is 24.6. The van der Waals surface area contributed by atoms with Gasteiger partial charge in [0, 0.05) is 19.6 Å². The molecule has 9 nitrogen and oxygen atoms in total. The fourth-order valence-corrected chi connectivity index (χ4v) is 4.87. The van der Waals surface area contributed by atoms with Crippen molar-refractivity contribution in [3.05, 3.63) is 53.1 Å². The number of methoxy groups -OCH3 is 2. The zero-order valence-corrected chi connectivity index (χ0v) is 20.3. The average molecular weight is 479 g/mol. The number of ether oxygens (including phenoxy) is 3. The van der Waals surface area contributed by atoms with E-state index in [1.807, 2.05) is 0 Å². The van der Waals surface area contributed by atoms with Crippen LogP contribution in [0.5, 0.6) is 11.5 Å². The first-order valence-electron chi connectivity index (χ1n) is 10.4. The molecule has 0 aliphatic rings. The molecule has 2 aromatic rings. The molecule has 2 rings (SSSR count). The summed E-state index contributed by atoms with van der Waals surface area (Å²) in [5.74, 6) is -0.180. The van der Waals surface area contributed by atoms with Crippen LogP contribution in [0.15, 0.2) is 41.3 Å². The molecule has 0 heterocycles. The minimum Gasteiger partial charge on any atom is -0.493 e. The largest absolute Gasteiger partial charge is 0.493 e. The standard InChI is InChI=1S/C23H30N2O7S/c1-6-25(7-2)33(28,29)21-13-18(10-8-16(21)3)23(27)32-15-22(26)24-14-17-9-11-19(30-4)20(12-17)31-5/h8-13H,6-7,14-15H2,1-5H3,(H,24,26). The minimum absolute atomic E-state index is 0.0403. The number of aryl methyl sites for hydroxylation is 1. The van der Waals surface area contributed by atoms with Crippen LogP contribution in [0.25, 0.3) is 0 Å². The first-order chi connectivity index (χ1) is 15.7. The maximum absolute atomic E-state index is 12.9. The predicted molar refractivity (Wildman–Crippen MR) is 123 cm³/mol. The van der Waals surface area contributed by atoms with Gasteiger partial charge in [0.1, 0.15) is 0 Å². The lowest BCUT2D eigenvalue weighted by Crippen LogP contribution is -2.31. The van der Waals surface area contributed by atoms with E-state index < -0.39 is 28.5 Å². The maximum atomic E-state index is 12.9. The first kappa shape index (κ1) is 26.1. The Morgan fingerprint density at radius 2 is 1.64 bits per heavy atom. The van der Waals surface area contributed by atoms with Crippen LogP contribution in [0.4, 0.5) is 0 Å². The normalized spacial score (nSPS) is 11.2. The van der Waals surface area contributed by atoms with Crippen molar-refractivity contribution in [3.8, 4) is 11.5 Å². The molecule has 10 heteroatoms. The molecule has 0 radical (unpaired) electrons. The highest BCUT2D eigenvalue weighted by Gasteiger charge is 2.25. The van der Waals surface area contributed by atoms with E-state index in [0.717, 1.165) is 5.56 Å². The van der Waals surface area contributed by atoms with Gasteiger partial charge in [-0.05, 0) is 42.3 Å². The molecule has 0 bridgehead atoms. The molecule has 1 amide bonds. The lowest BCUT2D eigenvalue weighted by atomic mass is 10.1. The van der Waals surface area contributed by atoms with Gasteiger partial charge in [-0.3, -0.25) is 4.79 Å². The molecule has 0 unspecified atom stereocenters. The van der Waals surface area contributed by atoms with Gasteiger partial charge in [0.2, 0.25) is 10.0 Å². The number of amides is 1. The highest BCUT2D eigenvalue weighted by Crippen LogP contribution is 2.27. The van der Waals surface area contributed by atoms with Gasteiger partial charge in [0.15, 0.2) is 18.1 Å². The van der Waals surface area contributed by atoms with Gasteiger partial charge in [0.05, 0.1) is 24.7 Å². The van der Waals surface area contributed by atoms with Crippen LogP contribution in [-0.4, -0.2) is 58.5 Å². The second-order valence-electron chi connectivity index (χ2n) is 7.11. The molecular formula is C23H30N2O7S. The Hall–Kier alpha value is -3.11. The summed E-state index contributed by atoms with van der Waals surface area (Å²) >= 11 is 0. The number of benzene rings is 2. The van der Waals surface area contributed by atoms with E-state index in [4.69, 9.17) is 14.2 Å². The number of nitrogens with zero attached hydrogens (tertiary/aromatic N) is 1. The van der Waals surface area contributed by atoms with E-state index in [1.165, 1.54) is 30.7 Å². The topological polar surface area (TPSA) is 111 Å². The fourth-order valence-electron chi connectivity index (χ4n) is 3.16. The summed E-state index contributed by atoms with van der Waals surface area (Å²) in [7, 11) is -0.693. The van der Waals surface area contributed by atoms with Crippen LogP contribution in [-0.2, 0) is 26.1 Å². The molecule has 0 fully saturated rings. The molecule has 0 saturated carbocycles. The lowest BCUT2D eigenvalue weighted by molar-refractivity contribution is -0.124. The summed E-state index contributed by atoms with van der Waals surface area (Å²) in [5.41, 5.74) is 1.35. The predicted octanol–water partition coefficient (Wildman–Crippen LogP) is 2.52. The number of hydrogen-bond donors (Lipinski definition) is 1. The van der Waals surface area contributed by atoms with Gasteiger partial charge >= 0.3 is 5.97 Å². The quantitative estimate of drug-likeness (QED) is 0.494. The Labute approximate surface area is 194 Å². The summed E-state index contributed by atoms with van der Waals surface area (Å²) < 4.78 is 42.5. The van der Waals surface area contributed by atoms with Gasteiger partial charge in [-0.1, -0.05) is 26.0 Å². The van der Waals surface area contributed by atoms with Crippen LogP contribution in [0.1, 0.15) is 35.3 Å². The SMILES string of the molecule is CCN(CC)S(=O)(=O)c1cc(C(=O)OCC(=O)NCc2ccc(OC)c(OC)c2)ccc1C. The highest BCUT2D eigenvalue weighted by atomic mass is 32.2. The van der Waals surface area contributed by atoms with Gasteiger partial charge < -0.3 is 19.5 Å². The molecule has 0 saturated heterocycles. The number of hydrogen-bond acceptors (Lipinski definition) is 7. The molecular weight excluding hydrogens is 448 g/mol. The maximum Gasteiger partial charge on any atom is 0.338 e. The monoisotopic (exact) mass is 478 g/mol. The van der Waals surface area contributed by atoms with Crippen molar-refractivity contribution in [2.45, 2.75) is 32.2 Å². The van der Waals surface area contributed by atoms with Crippen molar-refractivity contribution in [3.63, 3.8) is 0 Å². The van der Waals surface area contributed by atoms with Crippen LogP contribution < -0.4 is 14.8 Å². The number of sulfonamides is 1. The number of carbonyl (C=O) groups is 2. The van der Waals surface area contributed by atoms with Crippen LogP contribution in [0.2, 0.25) is 0 Å². The number of carbonyl (C=O) groups excluding carboxylic acids is 2. The van der Waals surface area contributed by atoms with Crippen molar-refractivity contribution >= 4 is 21.9 Å². The molecule has 0 aromatic heterocycles. The average Bonchev–Trinajstić information content (AvgIpc) is 2.81. The van der Waals surface area contributed by atoms with E-state index in [-0.39, 0.29) is 17.0 Å². The van der Waals surface area contributed by atoms with E-state index in [1.54, 1.807) is 45.0 Å². The summed E-state index contributed by atoms with van der Waals surface area (Å²) in [6.07, 6.45) is 0. The van der Waals surface area contributed by atoms with Crippen molar-refractivity contribution in [2.24, 2.45) is 0 Å². The summed E-state index contributed by atoms with van der Waals surface area (Å²) in [4.78, 5) is 24.6. The summed E-state index contributed by atoms with van der Waals surface area (Å²) in [6, 6.07) is 9.53. The van der Waals surface area contributed by atoms with Gasteiger partial charge in [0.25, 0.3) is 5.91 Å². The minimum atomic E-state index is -3.74. The smallest absolute Gasteiger partial charge is 0.338 e. The van der Waals surface area contributed by atoms with E-state index in [2.05, 4.69) is 5.32 Å². The van der Waals surface area contributed by atoms with Crippen LogP contribution in [0.3, 0.4) is 0 Å². The third-order valence-corrected chi connectivity index (χ3v) is 7.21. The fraction of sp³-hybridized carbons (Fsp3) is 0.391. The highest BCUT2D eigenvalue weighted by molar-refractivity contribution is 7.89. The summed E-state index contributed by atoms with van der Waals surface area (Å²) in [5, 5.41) is 2.65. The number of rotatable bonds is 11. The molecule has 2 aromatic carbocycles. The Morgan fingerprint density at radius 1 is 0.970 bits per heavy atom. The molecule has 0 aliphatic heterocycles.